The van der Waals surface area contributed by atoms with Crippen molar-refractivity contribution < 1.29 is 4.74 Å². The smallest absolute Gasteiger partial charge is 0.251 e. The highest BCUT2D eigenvalue weighted by atomic mass is 32.2. The third kappa shape index (κ3) is 2.15. The van der Waals surface area contributed by atoms with Crippen LogP contribution in [0.15, 0.2) is 47.5 Å². The number of ether oxygens (including phenoxy) is 1. The number of benzene rings is 2. The summed E-state index contributed by atoms with van der Waals surface area (Å²) < 4.78 is 5.63. The van der Waals surface area contributed by atoms with Gasteiger partial charge in [-0.15, -0.1) is 0 Å². The molecule has 1 heterocycles. The lowest BCUT2D eigenvalue weighted by Gasteiger charge is -2.03. The molecule has 1 fully saturated rings. The van der Waals surface area contributed by atoms with Crippen molar-refractivity contribution in [3.05, 3.63) is 42.5 Å². The normalized spacial score (nSPS) is 21.9. The summed E-state index contributed by atoms with van der Waals surface area (Å²) in [4.78, 5) is 4.59. The molecule has 0 spiro atoms. The molecule has 1 saturated heterocycles. The van der Waals surface area contributed by atoms with E-state index in [9.17, 15) is 0 Å². The quantitative estimate of drug-likeness (QED) is 0.755. The SMILES string of the molecule is CC1CSC(=Nc2cccc3ccccc23)O1. The molecule has 0 amide bonds. The van der Waals surface area contributed by atoms with Crippen LogP contribution in [0.3, 0.4) is 0 Å². The van der Waals surface area contributed by atoms with Gasteiger partial charge in [0.1, 0.15) is 6.10 Å². The van der Waals surface area contributed by atoms with E-state index in [-0.39, 0.29) is 6.10 Å². The molecule has 3 heteroatoms. The summed E-state index contributed by atoms with van der Waals surface area (Å²) in [5.41, 5.74) is 0.986. The molecule has 86 valence electrons. The second kappa shape index (κ2) is 4.41. The van der Waals surface area contributed by atoms with E-state index >= 15 is 0 Å². The molecule has 2 nitrogen and oxygen atoms in total. The second-order valence-electron chi connectivity index (χ2n) is 4.12. The molecule has 0 saturated carbocycles. The average molecular weight is 243 g/mol. The fourth-order valence-electron chi connectivity index (χ4n) is 1.89. The summed E-state index contributed by atoms with van der Waals surface area (Å²) in [5.74, 6) is 0.990. The first-order valence-corrected chi connectivity index (χ1v) is 6.67. The number of nitrogens with zero attached hydrogens (tertiary/aromatic N) is 1. The highest BCUT2D eigenvalue weighted by Gasteiger charge is 2.18. The Morgan fingerprint density at radius 1 is 1.18 bits per heavy atom. The molecule has 0 radical (unpaired) electrons. The molecular formula is C14H13NOS. The van der Waals surface area contributed by atoms with Gasteiger partial charge in [-0.25, -0.2) is 4.99 Å². The van der Waals surface area contributed by atoms with Crippen LogP contribution in [0.4, 0.5) is 5.69 Å². The Hall–Kier alpha value is -1.48. The molecule has 0 aromatic heterocycles. The number of fused-ring (bicyclic) bond motifs is 1. The van der Waals surface area contributed by atoms with Gasteiger partial charge in [0.05, 0.1) is 5.69 Å². The van der Waals surface area contributed by atoms with Crippen molar-refractivity contribution in [3.8, 4) is 0 Å². The van der Waals surface area contributed by atoms with Crippen molar-refractivity contribution in [2.75, 3.05) is 5.75 Å². The lowest BCUT2D eigenvalue weighted by molar-refractivity contribution is 0.252. The van der Waals surface area contributed by atoms with Crippen LogP contribution in [0, 0.1) is 0 Å². The van der Waals surface area contributed by atoms with Crippen molar-refractivity contribution in [1.82, 2.24) is 0 Å². The lowest BCUT2D eigenvalue weighted by atomic mass is 10.1. The van der Waals surface area contributed by atoms with Crippen LogP contribution in [-0.4, -0.2) is 17.1 Å². The van der Waals surface area contributed by atoms with Crippen molar-refractivity contribution in [1.29, 1.82) is 0 Å². The highest BCUT2D eigenvalue weighted by molar-refractivity contribution is 8.13. The summed E-state index contributed by atoms with van der Waals surface area (Å²) in [6, 6.07) is 14.4. The zero-order chi connectivity index (χ0) is 11.7. The Kier molecular flexibility index (Phi) is 2.77. The number of aliphatic imine (C=N–C) groups is 1. The predicted molar refractivity (Wildman–Crippen MR) is 74.0 cm³/mol. The summed E-state index contributed by atoms with van der Waals surface area (Å²) in [7, 11) is 0. The van der Waals surface area contributed by atoms with Gasteiger partial charge in [0.2, 0.25) is 0 Å². The van der Waals surface area contributed by atoms with Crippen LogP contribution in [0.5, 0.6) is 0 Å². The molecular weight excluding hydrogens is 230 g/mol. The van der Waals surface area contributed by atoms with Gasteiger partial charge < -0.3 is 4.74 Å². The van der Waals surface area contributed by atoms with Gasteiger partial charge in [-0.1, -0.05) is 48.2 Å². The summed E-state index contributed by atoms with van der Waals surface area (Å²) >= 11 is 1.68. The minimum atomic E-state index is 0.272. The Labute approximate surface area is 105 Å². The first-order valence-electron chi connectivity index (χ1n) is 5.69. The third-order valence-electron chi connectivity index (χ3n) is 2.72. The molecule has 0 bridgehead atoms. The molecule has 3 rings (SSSR count). The van der Waals surface area contributed by atoms with E-state index in [1.807, 2.05) is 24.3 Å². The average Bonchev–Trinajstić information content (AvgIpc) is 2.75. The van der Waals surface area contributed by atoms with E-state index in [2.05, 4.69) is 30.1 Å². The summed E-state index contributed by atoms with van der Waals surface area (Å²) in [6.45, 7) is 2.07. The lowest BCUT2D eigenvalue weighted by Crippen LogP contribution is -2.02. The van der Waals surface area contributed by atoms with Crippen molar-refractivity contribution in [2.45, 2.75) is 13.0 Å². The van der Waals surface area contributed by atoms with Crippen molar-refractivity contribution in [3.63, 3.8) is 0 Å². The van der Waals surface area contributed by atoms with Crippen molar-refractivity contribution in [2.24, 2.45) is 4.99 Å². The van der Waals surface area contributed by atoms with E-state index in [1.165, 1.54) is 10.8 Å². The molecule has 1 aliphatic heterocycles. The zero-order valence-electron chi connectivity index (χ0n) is 9.59. The molecule has 1 unspecified atom stereocenters. The van der Waals surface area contributed by atoms with Gasteiger partial charge in [0.25, 0.3) is 5.23 Å². The Balaban J connectivity index is 2.06. The second-order valence-corrected chi connectivity index (χ2v) is 5.09. The van der Waals surface area contributed by atoms with E-state index < -0.39 is 0 Å². The van der Waals surface area contributed by atoms with Crippen LogP contribution < -0.4 is 0 Å². The predicted octanol–water partition coefficient (Wildman–Crippen LogP) is 3.98. The van der Waals surface area contributed by atoms with Gasteiger partial charge in [-0.05, 0) is 18.4 Å². The van der Waals surface area contributed by atoms with Gasteiger partial charge in [-0.2, -0.15) is 0 Å². The fraction of sp³-hybridized carbons (Fsp3) is 0.214. The summed E-state index contributed by atoms with van der Waals surface area (Å²) in [6.07, 6.45) is 0.272. The molecule has 0 aliphatic carbocycles. The minimum absolute atomic E-state index is 0.272. The number of thioether (sulfide) groups is 1. The van der Waals surface area contributed by atoms with Gasteiger partial charge in [0.15, 0.2) is 0 Å². The van der Waals surface area contributed by atoms with Crippen LogP contribution in [-0.2, 0) is 4.74 Å². The third-order valence-corrected chi connectivity index (χ3v) is 3.79. The number of hydrogen-bond donors (Lipinski definition) is 0. The monoisotopic (exact) mass is 243 g/mol. The van der Waals surface area contributed by atoms with E-state index in [1.54, 1.807) is 11.8 Å². The molecule has 2 aromatic rings. The summed E-state index contributed by atoms with van der Waals surface area (Å²) in [5, 5.41) is 3.17. The van der Waals surface area contributed by atoms with E-state index in [0.717, 1.165) is 16.7 Å². The largest absolute Gasteiger partial charge is 0.469 e. The zero-order valence-corrected chi connectivity index (χ0v) is 10.4. The maximum Gasteiger partial charge on any atom is 0.251 e. The van der Waals surface area contributed by atoms with E-state index in [4.69, 9.17) is 4.74 Å². The molecule has 1 aliphatic rings. The minimum Gasteiger partial charge on any atom is -0.469 e. The fourth-order valence-corrected chi connectivity index (χ4v) is 2.73. The molecule has 2 aromatic carbocycles. The topological polar surface area (TPSA) is 21.6 Å². The first kappa shape index (κ1) is 10.7. The maximum atomic E-state index is 5.63. The van der Waals surface area contributed by atoms with Crippen LogP contribution >= 0.6 is 11.8 Å². The Bertz CT molecular complexity index is 574. The molecule has 17 heavy (non-hydrogen) atoms. The molecule has 0 N–H and O–H groups in total. The Morgan fingerprint density at radius 2 is 2.00 bits per heavy atom. The maximum absolute atomic E-state index is 5.63. The van der Waals surface area contributed by atoms with Gasteiger partial charge >= 0.3 is 0 Å². The van der Waals surface area contributed by atoms with Crippen LogP contribution in [0.2, 0.25) is 0 Å². The number of hydrogen-bond acceptors (Lipinski definition) is 3. The van der Waals surface area contributed by atoms with Gasteiger partial charge in [-0.3, -0.25) is 0 Å². The molecule has 1 atom stereocenters. The van der Waals surface area contributed by atoms with E-state index in [0.29, 0.717) is 0 Å². The first-order chi connectivity index (χ1) is 8.33. The van der Waals surface area contributed by atoms with Gasteiger partial charge in [0, 0.05) is 11.1 Å². The standard InChI is InChI=1S/C14H13NOS/c1-10-9-17-14(16-10)15-13-8-4-6-11-5-2-3-7-12(11)13/h2-8,10H,9H2,1H3. The highest BCUT2D eigenvalue weighted by Crippen LogP contribution is 2.29. The van der Waals surface area contributed by atoms with Crippen LogP contribution in [0.25, 0.3) is 10.8 Å². The van der Waals surface area contributed by atoms with Crippen molar-refractivity contribution >= 4 is 33.5 Å². The number of rotatable bonds is 1. The Morgan fingerprint density at radius 3 is 2.82 bits per heavy atom. The van der Waals surface area contributed by atoms with Crippen LogP contribution in [0.1, 0.15) is 6.92 Å².